The van der Waals surface area contributed by atoms with Crippen LogP contribution in [0.2, 0.25) is 0 Å². The molecule has 1 aromatic carbocycles. The number of ether oxygens (including phenoxy) is 2. The standard InChI is InChI=1S/C20H30N2O5S/c1-26-18-12-15(27-13-14-6-4-3-5-7-14)8-9-16(18)21-19(23)17(10-11-28-2)22-20(24)25/h3-7,15-18,22H,8-13H2,1-2H3,(H,21,23)(H,24,25)/t15-,16-,17-,18+/m0/s1. The summed E-state index contributed by atoms with van der Waals surface area (Å²) in [7, 11) is 1.63. The summed E-state index contributed by atoms with van der Waals surface area (Å²) >= 11 is 1.58. The molecule has 0 radical (unpaired) electrons. The first-order valence-electron chi connectivity index (χ1n) is 9.50. The van der Waals surface area contributed by atoms with Gasteiger partial charge < -0.3 is 25.2 Å². The topological polar surface area (TPSA) is 96.9 Å². The lowest BCUT2D eigenvalue weighted by molar-refractivity contribution is -0.126. The van der Waals surface area contributed by atoms with Gasteiger partial charge in [-0.15, -0.1) is 0 Å². The number of hydrogen-bond donors (Lipinski definition) is 3. The molecule has 0 saturated heterocycles. The lowest BCUT2D eigenvalue weighted by Crippen LogP contribution is -2.54. The number of methoxy groups -OCH3 is 1. The van der Waals surface area contributed by atoms with Gasteiger partial charge in [-0.25, -0.2) is 4.79 Å². The molecule has 3 N–H and O–H groups in total. The molecule has 0 aromatic heterocycles. The highest BCUT2D eigenvalue weighted by molar-refractivity contribution is 7.98. The Bertz CT molecular complexity index is 616. The maximum absolute atomic E-state index is 12.6. The van der Waals surface area contributed by atoms with E-state index < -0.39 is 12.1 Å². The van der Waals surface area contributed by atoms with Crippen molar-refractivity contribution in [1.29, 1.82) is 0 Å². The van der Waals surface area contributed by atoms with Crippen LogP contribution in [0.15, 0.2) is 30.3 Å². The molecule has 0 aliphatic heterocycles. The second-order valence-electron chi connectivity index (χ2n) is 6.90. The van der Waals surface area contributed by atoms with E-state index in [4.69, 9.17) is 14.6 Å². The van der Waals surface area contributed by atoms with Crippen LogP contribution in [-0.2, 0) is 20.9 Å². The minimum atomic E-state index is -1.19. The van der Waals surface area contributed by atoms with Gasteiger partial charge in [-0.2, -0.15) is 11.8 Å². The lowest BCUT2D eigenvalue weighted by atomic mass is 9.89. The van der Waals surface area contributed by atoms with Gasteiger partial charge in [0.2, 0.25) is 5.91 Å². The minimum absolute atomic E-state index is 0.0720. The highest BCUT2D eigenvalue weighted by Crippen LogP contribution is 2.25. The van der Waals surface area contributed by atoms with Gasteiger partial charge in [-0.3, -0.25) is 4.79 Å². The van der Waals surface area contributed by atoms with Crippen LogP contribution in [0.3, 0.4) is 0 Å². The van der Waals surface area contributed by atoms with Crippen molar-refractivity contribution in [2.45, 2.75) is 56.6 Å². The predicted molar refractivity (Wildman–Crippen MR) is 110 cm³/mol. The van der Waals surface area contributed by atoms with Crippen molar-refractivity contribution in [3.05, 3.63) is 35.9 Å². The molecule has 28 heavy (non-hydrogen) atoms. The molecule has 1 fully saturated rings. The highest BCUT2D eigenvalue weighted by Gasteiger charge is 2.33. The number of thioether (sulfide) groups is 1. The summed E-state index contributed by atoms with van der Waals surface area (Å²) in [6.07, 6.45) is 3.33. The zero-order chi connectivity index (χ0) is 20.4. The molecular weight excluding hydrogens is 380 g/mol. The lowest BCUT2D eigenvalue weighted by Gasteiger charge is -2.36. The Morgan fingerprint density at radius 3 is 2.68 bits per heavy atom. The molecule has 8 heteroatoms. The average Bonchev–Trinajstić information content (AvgIpc) is 2.70. The summed E-state index contributed by atoms with van der Waals surface area (Å²) in [6, 6.07) is 9.11. The summed E-state index contributed by atoms with van der Waals surface area (Å²) in [4.78, 5) is 23.6. The first-order chi connectivity index (χ1) is 13.5. The molecule has 0 heterocycles. The SMILES string of the molecule is CO[C@@H]1C[C@@H](OCc2ccccc2)CC[C@@H]1NC(=O)[C@H](CCSC)NC(=O)O. The van der Waals surface area contributed by atoms with E-state index in [1.807, 2.05) is 36.6 Å². The molecule has 1 saturated carbocycles. The van der Waals surface area contributed by atoms with E-state index >= 15 is 0 Å². The van der Waals surface area contributed by atoms with Crippen molar-refractivity contribution in [3.8, 4) is 0 Å². The van der Waals surface area contributed by atoms with Crippen LogP contribution < -0.4 is 10.6 Å². The number of nitrogens with one attached hydrogen (secondary N) is 2. The molecule has 2 amide bonds. The fourth-order valence-electron chi connectivity index (χ4n) is 3.39. The van der Waals surface area contributed by atoms with Gasteiger partial charge in [0.1, 0.15) is 6.04 Å². The largest absolute Gasteiger partial charge is 0.465 e. The van der Waals surface area contributed by atoms with E-state index in [-0.39, 0.29) is 24.2 Å². The third kappa shape index (κ3) is 7.33. The van der Waals surface area contributed by atoms with Gasteiger partial charge in [0.05, 0.1) is 24.9 Å². The molecule has 4 atom stereocenters. The first kappa shape index (κ1) is 22.5. The quantitative estimate of drug-likeness (QED) is 0.549. The molecule has 1 aromatic rings. The van der Waals surface area contributed by atoms with Crippen molar-refractivity contribution in [3.63, 3.8) is 0 Å². The van der Waals surface area contributed by atoms with Crippen molar-refractivity contribution in [2.24, 2.45) is 0 Å². The summed E-state index contributed by atoms with van der Waals surface area (Å²) in [5.74, 6) is 0.402. The summed E-state index contributed by atoms with van der Waals surface area (Å²) in [5.41, 5.74) is 1.13. The van der Waals surface area contributed by atoms with Gasteiger partial charge in [0.25, 0.3) is 0 Å². The van der Waals surface area contributed by atoms with Crippen molar-refractivity contribution in [2.75, 3.05) is 19.1 Å². The number of carboxylic acid groups (broad SMARTS) is 1. The molecular formula is C20H30N2O5S. The smallest absolute Gasteiger partial charge is 0.405 e. The number of hydrogen-bond acceptors (Lipinski definition) is 5. The Morgan fingerprint density at radius 2 is 2.04 bits per heavy atom. The Hall–Kier alpha value is -1.77. The second-order valence-corrected chi connectivity index (χ2v) is 7.89. The van der Waals surface area contributed by atoms with Gasteiger partial charge in [0, 0.05) is 13.5 Å². The Morgan fingerprint density at radius 1 is 1.29 bits per heavy atom. The average molecular weight is 411 g/mol. The third-order valence-electron chi connectivity index (χ3n) is 4.93. The molecule has 0 unspecified atom stereocenters. The highest BCUT2D eigenvalue weighted by atomic mass is 32.2. The molecule has 1 aliphatic carbocycles. The van der Waals surface area contributed by atoms with Crippen LogP contribution in [0.4, 0.5) is 4.79 Å². The Labute approximate surface area is 170 Å². The van der Waals surface area contributed by atoms with Crippen LogP contribution in [0, 0.1) is 0 Å². The molecule has 7 nitrogen and oxygen atoms in total. The number of rotatable bonds is 10. The van der Waals surface area contributed by atoms with E-state index in [1.54, 1.807) is 18.9 Å². The van der Waals surface area contributed by atoms with Crippen molar-refractivity contribution in [1.82, 2.24) is 10.6 Å². The fraction of sp³-hybridized carbons (Fsp3) is 0.600. The van der Waals surface area contributed by atoms with Crippen LogP contribution in [0.1, 0.15) is 31.2 Å². The van der Waals surface area contributed by atoms with Crippen molar-refractivity contribution < 1.29 is 24.2 Å². The maximum Gasteiger partial charge on any atom is 0.405 e. The van der Waals surface area contributed by atoms with Gasteiger partial charge in [-0.1, -0.05) is 30.3 Å². The second kappa shape index (κ2) is 11.9. The molecule has 0 bridgehead atoms. The number of carbonyl (C=O) groups is 2. The van der Waals surface area contributed by atoms with Crippen molar-refractivity contribution >= 4 is 23.8 Å². The summed E-state index contributed by atoms with van der Waals surface area (Å²) in [5, 5.41) is 14.3. The molecule has 1 aliphatic rings. The molecule has 0 spiro atoms. The number of carbonyl (C=O) groups excluding carboxylic acids is 1. The fourth-order valence-corrected chi connectivity index (χ4v) is 3.87. The zero-order valence-corrected chi connectivity index (χ0v) is 17.2. The molecule has 2 rings (SSSR count). The van der Waals surface area contributed by atoms with Gasteiger partial charge in [0.15, 0.2) is 0 Å². The summed E-state index contributed by atoms with van der Waals surface area (Å²) in [6.45, 7) is 0.554. The van der Waals surface area contributed by atoms with E-state index in [0.717, 1.165) is 18.4 Å². The van der Waals surface area contributed by atoms with Crippen LogP contribution in [-0.4, -0.2) is 60.5 Å². The van der Waals surface area contributed by atoms with Gasteiger partial charge >= 0.3 is 6.09 Å². The number of benzene rings is 1. The van der Waals surface area contributed by atoms with E-state index in [9.17, 15) is 9.59 Å². The van der Waals surface area contributed by atoms with Crippen LogP contribution in [0.25, 0.3) is 0 Å². The Kier molecular flexibility index (Phi) is 9.60. The Balaban J connectivity index is 1.86. The monoisotopic (exact) mass is 410 g/mol. The van der Waals surface area contributed by atoms with E-state index in [0.29, 0.717) is 25.2 Å². The zero-order valence-electron chi connectivity index (χ0n) is 16.4. The van der Waals surface area contributed by atoms with Gasteiger partial charge in [-0.05, 0) is 36.8 Å². The summed E-state index contributed by atoms with van der Waals surface area (Å²) < 4.78 is 11.6. The minimum Gasteiger partial charge on any atom is -0.465 e. The number of amides is 2. The van der Waals surface area contributed by atoms with E-state index in [2.05, 4.69) is 10.6 Å². The predicted octanol–water partition coefficient (Wildman–Crippen LogP) is 2.64. The maximum atomic E-state index is 12.6. The third-order valence-corrected chi connectivity index (χ3v) is 5.57. The van der Waals surface area contributed by atoms with E-state index in [1.165, 1.54) is 0 Å². The van der Waals surface area contributed by atoms with Crippen LogP contribution in [0.5, 0.6) is 0 Å². The molecule has 156 valence electrons. The van der Waals surface area contributed by atoms with Crippen LogP contribution >= 0.6 is 11.8 Å². The normalized spacial score (nSPS) is 23.0. The first-order valence-corrected chi connectivity index (χ1v) is 10.9.